The molecule has 148 valence electrons. The highest BCUT2D eigenvalue weighted by Crippen LogP contribution is 2.40. The zero-order valence-corrected chi connectivity index (χ0v) is 16.9. The molecule has 4 rings (SSSR count). The van der Waals surface area contributed by atoms with E-state index in [0.29, 0.717) is 9.27 Å². The molecule has 1 N–H and O–H groups in total. The van der Waals surface area contributed by atoms with E-state index in [2.05, 4.69) is 5.32 Å². The first kappa shape index (κ1) is 19.2. The van der Waals surface area contributed by atoms with E-state index in [-0.39, 0.29) is 21.2 Å². The Balaban J connectivity index is 1.71. The van der Waals surface area contributed by atoms with Gasteiger partial charge in [-0.25, -0.2) is 0 Å². The molecule has 0 unspecified atom stereocenters. The number of benzene rings is 3. The molecule has 0 aliphatic carbocycles. The zero-order valence-electron chi connectivity index (χ0n) is 15.2. The summed E-state index contributed by atoms with van der Waals surface area (Å²) in [4.78, 5) is 11.9. The smallest absolute Gasteiger partial charge is 0.279 e. The molecule has 0 radical (unpaired) electrons. The van der Waals surface area contributed by atoms with E-state index in [0.717, 1.165) is 5.56 Å². The summed E-state index contributed by atoms with van der Waals surface area (Å²) >= 11 is 0. The maximum Gasteiger partial charge on any atom is 0.279 e. The molecule has 9 heteroatoms. The van der Waals surface area contributed by atoms with Gasteiger partial charge in [-0.3, -0.25) is 4.79 Å². The third kappa shape index (κ3) is 3.18. The van der Waals surface area contributed by atoms with Gasteiger partial charge in [0.15, 0.2) is 0 Å². The number of fused-ring (bicyclic) bond motifs is 1. The Morgan fingerprint density at radius 2 is 1.38 bits per heavy atom. The minimum absolute atomic E-state index is 0.0806. The summed E-state index contributed by atoms with van der Waals surface area (Å²) in [5.74, 6) is -0.391. The van der Waals surface area contributed by atoms with E-state index in [1.807, 2.05) is 6.92 Å². The monoisotopic (exact) mass is 428 g/mol. The fraction of sp³-hybridized carbons (Fsp3) is 0.0500. The van der Waals surface area contributed by atoms with Crippen LogP contribution >= 0.6 is 0 Å². The topological polar surface area (TPSA) is 101 Å². The van der Waals surface area contributed by atoms with Crippen LogP contribution in [0.4, 0.5) is 11.4 Å². The van der Waals surface area contributed by atoms with E-state index >= 15 is 0 Å². The number of hydrogen-bond donors (Lipinski definition) is 1. The second kappa shape index (κ2) is 6.71. The average Bonchev–Trinajstić information content (AvgIpc) is 2.84. The highest BCUT2D eigenvalue weighted by molar-refractivity contribution is 8.12. The summed E-state index contributed by atoms with van der Waals surface area (Å²) in [6.07, 6.45) is 0. The third-order valence-corrected chi connectivity index (χ3v) is 8.90. The summed E-state index contributed by atoms with van der Waals surface area (Å²) in [6, 6.07) is 18.1. The molecule has 3 aromatic rings. The van der Waals surface area contributed by atoms with Crippen molar-refractivity contribution in [2.45, 2.75) is 16.7 Å². The van der Waals surface area contributed by atoms with Crippen molar-refractivity contribution in [1.29, 1.82) is 0 Å². The molecule has 3 aromatic carbocycles. The number of sulfonamides is 2. The number of carbonyl (C=O) groups excluding carboxylic acids is 1. The van der Waals surface area contributed by atoms with Gasteiger partial charge in [0.25, 0.3) is 26.0 Å². The molecule has 0 saturated carbocycles. The average molecular weight is 428 g/mol. The van der Waals surface area contributed by atoms with Crippen molar-refractivity contribution in [3.63, 3.8) is 0 Å². The molecule has 1 heterocycles. The fourth-order valence-electron chi connectivity index (χ4n) is 3.07. The van der Waals surface area contributed by atoms with Crippen LogP contribution < -0.4 is 9.03 Å². The van der Waals surface area contributed by atoms with Crippen LogP contribution in [0.15, 0.2) is 82.6 Å². The standard InChI is InChI=1S/C20H16N2O5S2/c1-14-9-11-15(12-10-14)20(23)21-16-5-4-6-17(13-16)22-28(24,25)18-7-2-3-8-19(18)29(22,26)27/h2-13H,1H3,(H,21,23). The SMILES string of the molecule is Cc1ccc(C(=O)Nc2cccc(N3S(=O)(=O)c4ccccc4S3(=O)=O)c2)cc1. The first-order valence-corrected chi connectivity index (χ1v) is 11.5. The molecule has 7 nitrogen and oxygen atoms in total. The lowest BCUT2D eigenvalue weighted by Crippen LogP contribution is -2.30. The number of rotatable bonds is 3. The van der Waals surface area contributed by atoms with Crippen LogP contribution in [0.1, 0.15) is 15.9 Å². The Bertz CT molecular complexity index is 1280. The molecular formula is C20H16N2O5S2. The third-order valence-electron chi connectivity index (χ3n) is 4.47. The van der Waals surface area contributed by atoms with Gasteiger partial charge in [0.2, 0.25) is 0 Å². The van der Waals surface area contributed by atoms with Crippen molar-refractivity contribution >= 4 is 37.3 Å². The molecule has 0 bridgehead atoms. The second-order valence-electron chi connectivity index (χ2n) is 6.52. The highest BCUT2D eigenvalue weighted by Gasteiger charge is 2.47. The number of carbonyl (C=O) groups is 1. The van der Waals surface area contributed by atoms with Gasteiger partial charge in [-0.05, 0) is 49.4 Å². The maximum absolute atomic E-state index is 12.8. The summed E-state index contributed by atoms with van der Waals surface area (Å²) in [6.45, 7) is 1.90. The Morgan fingerprint density at radius 3 is 1.97 bits per heavy atom. The molecular weight excluding hydrogens is 412 g/mol. The lowest BCUT2D eigenvalue weighted by Gasteiger charge is -2.17. The van der Waals surface area contributed by atoms with E-state index < -0.39 is 26.0 Å². The van der Waals surface area contributed by atoms with Crippen molar-refractivity contribution in [2.24, 2.45) is 0 Å². The molecule has 1 aliphatic rings. The van der Waals surface area contributed by atoms with Gasteiger partial charge < -0.3 is 5.32 Å². The molecule has 29 heavy (non-hydrogen) atoms. The first-order valence-electron chi connectivity index (χ1n) is 8.59. The van der Waals surface area contributed by atoms with Crippen molar-refractivity contribution in [3.05, 3.63) is 83.9 Å². The van der Waals surface area contributed by atoms with Gasteiger partial charge in [-0.15, -0.1) is 0 Å². The summed E-state index contributed by atoms with van der Waals surface area (Å²) in [7, 11) is -8.55. The van der Waals surface area contributed by atoms with Gasteiger partial charge in [0.05, 0.1) is 5.69 Å². The Labute approximate surface area is 168 Å². The van der Waals surface area contributed by atoms with Crippen LogP contribution in [0.2, 0.25) is 0 Å². The largest absolute Gasteiger partial charge is 0.322 e. The minimum atomic E-state index is -4.28. The van der Waals surface area contributed by atoms with Crippen molar-refractivity contribution in [1.82, 2.24) is 0 Å². The minimum Gasteiger partial charge on any atom is -0.322 e. The fourth-order valence-corrected chi connectivity index (χ4v) is 7.50. The summed E-state index contributed by atoms with van der Waals surface area (Å²) in [5, 5.41) is 2.66. The molecule has 0 fully saturated rings. The Kier molecular flexibility index (Phi) is 4.44. The number of nitrogens with one attached hydrogen (secondary N) is 1. The summed E-state index contributed by atoms with van der Waals surface area (Å²) in [5.41, 5.74) is 1.62. The molecule has 1 amide bonds. The van der Waals surface area contributed by atoms with Gasteiger partial charge in [0, 0.05) is 11.3 Å². The lowest BCUT2D eigenvalue weighted by molar-refractivity contribution is 0.102. The summed E-state index contributed by atoms with van der Waals surface area (Å²) < 4.78 is 51.8. The number of anilines is 2. The van der Waals surface area contributed by atoms with Gasteiger partial charge in [0.1, 0.15) is 9.79 Å². The van der Waals surface area contributed by atoms with Crippen LogP contribution in [0.3, 0.4) is 0 Å². The number of nitrogens with zero attached hydrogens (tertiary/aromatic N) is 1. The van der Waals surface area contributed by atoms with Crippen LogP contribution in [0.5, 0.6) is 0 Å². The number of amides is 1. The molecule has 0 aromatic heterocycles. The van der Waals surface area contributed by atoms with Crippen LogP contribution in [-0.4, -0.2) is 22.7 Å². The van der Waals surface area contributed by atoms with E-state index in [1.165, 1.54) is 42.5 Å². The van der Waals surface area contributed by atoms with Crippen LogP contribution in [-0.2, 0) is 20.0 Å². The van der Waals surface area contributed by atoms with E-state index in [1.54, 1.807) is 30.3 Å². The second-order valence-corrected chi connectivity index (χ2v) is 10.3. The predicted molar refractivity (Wildman–Crippen MR) is 109 cm³/mol. The van der Waals surface area contributed by atoms with Gasteiger partial charge >= 0.3 is 0 Å². The van der Waals surface area contributed by atoms with Crippen LogP contribution in [0.25, 0.3) is 0 Å². The zero-order chi connectivity index (χ0) is 20.8. The Hall–Kier alpha value is -3.17. The molecule has 0 saturated heterocycles. The van der Waals surface area contributed by atoms with Crippen molar-refractivity contribution in [3.8, 4) is 0 Å². The van der Waals surface area contributed by atoms with Crippen LogP contribution in [0, 0.1) is 6.92 Å². The maximum atomic E-state index is 12.8. The Morgan fingerprint density at radius 1 is 0.793 bits per heavy atom. The predicted octanol–water partition coefficient (Wildman–Crippen LogP) is 3.14. The number of aryl methyl sites for hydroxylation is 1. The van der Waals surface area contributed by atoms with Crippen molar-refractivity contribution in [2.75, 3.05) is 9.03 Å². The number of hydrogen-bond acceptors (Lipinski definition) is 5. The molecule has 1 aliphatic heterocycles. The molecule has 0 atom stereocenters. The van der Waals surface area contributed by atoms with E-state index in [4.69, 9.17) is 0 Å². The molecule has 0 spiro atoms. The van der Waals surface area contributed by atoms with E-state index in [9.17, 15) is 21.6 Å². The highest BCUT2D eigenvalue weighted by atomic mass is 32.3. The van der Waals surface area contributed by atoms with Gasteiger partial charge in [-0.2, -0.15) is 20.5 Å². The normalized spacial score (nSPS) is 16.2. The lowest BCUT2D eigenvalue weighted by atomic mass is 10.1. The van der Waals surface area contributed by atoms with Crippen molar-refractivity contribution < 1.29 is 21.6 Å². The quantitative estimate of drug-likeness (QED) is 0.691. The van der Waals surface area contributed by atoms with Gasteiger partial charge in [-0.1, -0.05) is 35.9 Å². The first-order chi connectivity index (χ1) is 13.7.